The summed E-state index contributed by atoms with van der Waals surface area (Å²) in [6.45, 7) is 5.11. The molecule has 1 unspecified atom stereocenters. The summed E-state index contributed by atoms with van der Waals surface area (Å²) < 4.78 is 12.8. The number of ether oxygens (including phenoxy) is 2. The maximum absolute atomic E-state index is 5.41. The zero-order valence-electron chi connectivity index (χ0n) is 12.9. The number of hydrogen-bond acceptors (Lipinski definition) is 4. The minimum atomic E-state index is 0.230. The van der Waals surface area contributed by atoms with E-state index in [1.54, 1.807) is 14.2 Å². The Balaban J connectivity index is 2.04. The van der Waals surface area contributed by atoms with E-state index in [1.165, 1.54) is 11.1 Å². The Morgan fingerprint density at radius 3 is 2.67 bits per heavy atom. The third kappa shape index (κ3) is 2.22. The molecule has 0 radical (unpaired) electrons. The van der Waals surface area contributed by atoms with E-state index < -0.39 is 0 Å². The average Bonchev–Trinajstić information content (AvgIpc) is 2.81. The van der Waals surface area contributed by atoms with E-state index >= 15 is 0 Å². The van der Waals surface area contributed by atoms with Crippen LogP contribution in [-0.2, 0) is 0 Å². The first-order valence-corrected chi connectivity index (χ1v) is 7.17. The molecular formula is C16H21N3O2. The molecule has 0 amide bonds. The maximum Gasteiger partial charge on any atom is 0.161 e. The number of rotatable bonds is 3. The second-order valence-electron chi connectivity index (χ2n) is 5.35. The quantitative estimate of drug-likeness (QED) is 0.943. The van der Waals surface area contributed by atoms with Crippen LogP contribution in [0.1, 0.15) is 29.3 Å². The summed E-state index contributed by atoms with van der Waals surface area (Å²) in [4.78, 5) is 0. The van der Waals surface area contributed by atoms with Crippen molar-refractivity contribution in [2.75, 3.05) is 26.1 Å². The normalized spacial score (nSPS) is 17.0. The fourth-order valence-electron chi connectivity index (χ4n) is 2.89. The van der Waals surface area contributed by atoms with E-state index in [-0.39, 0.29) is 6.04 Å². The van der Waals surface area contributed by atoms with Crippen LogP contribution in [0.25, 0.3) is 0 Å². The van der Waals surface area contributed by atoms with Crippen LogP contribution in [-0.4, -0.2) is 30.5 Å². The molecule has 0 spiro atoms. The van der Waals surface area contributed by atoms with Gasteiger partial charge in [0.25, 0.3) is 0 Å². The zero-order valence-corrected chi connectivity index (χ0v) is 12.9. The van der Waals surface area contributed by atoms with Gasteiger partial charge in [0.2, 0.25) is 0 Å². The SMILES string of the molecule is COc1ccc(C2CCNc3c(C)c(C)nn32)cc1OC. The molecule has 2 heterocycles. The summed E-state index contributed by atoms with van der Waals surface area (Å²) in [5, 5.41) is 8.14. The largest absolute Gasteiger partial charge is 0.493 e. The predicted molar refractivity (Wildman–Crippen MR) is 82.5 cm³/mol. The molecule has 21 heavy (non-hydrogen) atoms. The minimum absolute atomic E-state index is 0.230. The lowest BCUT2D eigenvalue weighted by molar-refractivity contribution is 0.353. The van der Waals surface area contributed by atoms with Gasteiger partial charge in [-0.15, -0.1) is 0 Å². The Kier molecular flexibility index (Phi) is 3.49. The van der Waals surface area contributed by atoms with E-state index in [1.807, 2.05) is 19.1 Å². The van der Waals surface area contributed by atoms with Gasteiger partial charge < -0.3 is 14.8 Å². The highest BCUT2D eigenvalue weighted by atomic mass is 16.5. The molecule has 1 aliphatic heterocycles. The smallest absolute Gasteiger partial charge is 0.161 e. The highest BCUT2D eigenvalue weighted by Crippen LogP contribution is 2.36. The highest BCUT2D eigenvalue weighted by molar-refractivity contribution is 5.50. The third-order valence-corrected chi connectivity index (χ3v) is 4.18. The number of aromatic nitrogens is 2. The van der Waals surface area contributed by atoms with Gasteiger partial charge in [-0.3, -0.25) is 0 Å². The summed E-state index contributed by atoms with van der Waals surface area (Å²) in [5.41, 5.74) is 3.49. The van der Waals surface area contributed by atoms with Crippen LogP contribution in [0.5, 0.6) is 11.5 Å². The van der Waals surface area contributed by atoms with Crippen molar-refractivity contribution in [1.29, 1.82) is 0 Å². The number of benzene rings is 1. The molecule has 1 N–H and O–H groups in total. The monoisotopic (exact) mass is 287 g/mol. The molecule has 5 heteroatoms. The van der Waals surface area contributed by atoms with Crippen LogP contribution in [0, 0.1) is 13.8 Å². The Morgan fingerprint density at radius 2 is 1.95 bits per heavy atom. The van der Waals surface area contributed by atoms with E-state index in [0.29, 0.717) is 0 Å². The lowest BCUT2D eigenvalue weighted by atomic mass is 10.0. The van der Waals surface area contributed by atoms with Crippen LogP contribution in [0.3, 0.4) is 0 Å². The van der Waals surface area contributed by atoms with Crippen molar-refractivity contribution < 1.29 is 9.47 Å². The van der Waals surface area contributed by atoms with Crippen LogP contribution in [0.4, 0.5) is 5.82 Å². The Bertz CT molecular complexity index is 664. The van der Waals surface area contributed by atoms with Gasteiger partial charge in [0.1, 0.15) is 5.82 Å². The molecule has 1 aliphatic rings. The molecule has 0 saturated carbocycles. The molecule has 1 aromatic heterocycles. The van der Waals surface area contributed by atoms with Gasteiger partial charge in [-0.25, -0.2) is 4.68 Å². The lowest BCUT2D eigenvalue weighted by Crippen LogP contribution is -2.24. The molecule has 0 aliphatic carbocycles. The molecule has 3 rings (SSSR count). The van der Waals surface area contributed by atoms with Gasteiger partial charge in [0, 0.05) is 12.1 Å². The predicted octanol–water partition coefficient (Wildman–Crippen LogP) is 2.92. The van der Waals surface area contributed by atoms with Crippen molar-refractivity contribution in [2.45, 2.75) is 26.3 Å². The van der Waals surface area contributed by atoms with Crippen molar-refractivity contribution in [3.05, 3.63) is 35.0 Å². The maximum atomic E-state index is 5.41. The molecule has 0 fully saturated rings. The zero-order chi connectivity index (χ0) is 15.0. The van der Waals surface area contributed by atoms with Gasteiger partial charge in [0.05, 0.1) is 26.0 Å². The third-order valence-electron chi connectivity index (χ3n) is 4.18. The molecule has 1 atom stereocenters. The first-order valence-electron chi connectivity index (χ1n) is 7.17. The van der Waals surface area contributed by atoms with Crippen molar-refractivity contribution in [3.8, 4) is 11.5 Å². The van der Waals surface area contributed by atoms with Crippen LogP contribution >= 0.6 is 0 Å². The van der Waals surface area contributed by atoms with Gasteiger partial charge in [-0.1, -0.05) is 6.07 Å². The molecule has 0 bridgehead atoms. The number of nitrogens with one attached hydrogen (secondary N) is 1. The van der Waals surface area contributed by atoms with Gasteiger partial charge >= 0.3 is 0 Å². The number of fused-ring (bicyclic) bond motifs is 1. The summed E-state index contributed by atoms with van der Waals surface area (Å²) in [6.07, 6.45) is 1.00. The molecule has 2 aromatic rings. The number of hydrogen-bond donors (Lipinski definition) is 1. The summed E-state index contributed by atoms with van der Waals surface area (Å²) in [7, 11) is 3.32. The van der Waals surface area contributed by atoms with Crippen LogP contribution in [0.2, 0.25) is 0 Å². The molecular weight excluding hydrogens is 266 g/mol. The standard InChI is InChI=1S/C16H21N3O2/c1-10-11(2)18-19-13(7-8-17-16(10)19)12-5-6-14(20-3)15(9-12)21-4/h5-6,9,13,17H,7-8H2,1-4H3. The Labute approximate surface area is 124 Å². The molecule has 1 aromatic carbocycles. The Morgan fingerprint density at radius 1 is 1.19 bits per heavy atom. The lowest BCUT2D eigenvalue weighted by Gasteiger charge is -2.27. The fourth-order valence-corrected chi connectivity index (χ4v) is 2.89. The molecule has 112 valence electrons. The van der Waals surface area contributed by atoms with E-state index in [2.05, 4.69) is 28.1 Å². The fraction of sp³-hybridized carbons (Fsp3) is 0.438. The molecule has 5 nitrogen and oxygen atoms in total. The van der Waals surface area contributed by atoms with Crippen molar-refractivity contribution in [2.24, 2.45) is 0 Å². The first kappa shape index (κ1) is 13.8. The van der Waals surface area contributed by atoms with Crippen LogP contribution in [0.15, 0.2) is 18.2 Å². The first-order chi connectivity index (χ1) is 10.2. The number of methoxy groups -OCH3 is 2. The van der Waals surface area contributed by atoms with Crippen molar-refractivity contribution in [1.82, 2.24) is 9.78 Å². The van der Waals surface area contributed by atoms with E-state index in [4.69, 9.17) is 9.47 Å². The number of aryl methyl sites for hydroxylation is 1. The number of nitrogens with zero attached hydrogens (tertiary/aromatic N) is 2. The van der Waals surface area contributed by atoms with Gasteiger partial charge in [-0.05, 0) is 38.0 Å². The summed E-state index contributed by atoms with van der Waals surface area (Å²) >= 11 is 0. The highest BCUT2D eigenvalue weighted by Gasteiger charge is 2.25. The summed E-state index contributed by atoms with van der Waals surface area (Å²) in [5.74, 6) is 2.64. The van der Waals surface area contributed by atoms with Crippen molar-refractivity contribution >= 4 is 5.82 Å². The minimum Gasteiger partial charge on any atom is -0.493 e. The van der Waals surface area contributed by atoms with Gasteiger partial charge in [0.15, 0.2) is 11.5 Å². The van der Waals surface area contributed by atoms with Gasteiger partial charge in [-0.2, -0.15) is 5.10 Å². The Hall–Kier alpha value is -2.17. The van der Waals surface area contributed by atoms with Crippen molar-refractivity contribution in [3.63, 3.8) is 0 Å². The second-order valence-corrected chi connectivity index (χ2v) is 5.35. The van der Waals surface area contributed by atoms with E-state index in [9.17, 15) is 0 Å². The summed E-state index contributed by atoms with van der Waals surface area (Å²) in [6, 6.07) is 6.32. The average molecular weight is 287 g/mol. The number of anilines is 1. The van der Waals surface area contributed by atoms with Crippen LogP contribution < -0.4 is 14.8 Å². The van der Waals surface area contributed by atoms with E-state index in [0.717, 1.165) is 36.0 Å². The molecule has 0 saturated heterocycles. The topological polar surface area (TPSA) is 48.3 Å². The second kappa shape index (κ2) is 5.31.